The highest BCUT2D eigenvalue weighted by molar-refractivity contribution is 14.1. The van der Waals surface area contributed by atoms with Crippen LogP contribution >= 0.6 is 83.7 Å². The largest absolute Gasteiger partial charge is 0.309 e. The normalized spacial score (nSPS) is 11.8. The first-order valence-corrected chi connectivity index (χ1v) is 44.1. The number of benzene rings is 17. The van der Waals surface area contributed by atoms with Crippen molar-refractivity contribution >= 4 is 296 Å². The molecule has 0 aliphatic rings. The zero-order chi connectivity index (χ0) is 83.3. The summed E-state index contributed by atoms with van der Waals surface area (Å²) in [6.07, 6.45) is 0. The summed E-state index contributed by atoms with van der Waals surface area (Å²) >= 11 is 10.7. The van der Waals surface area contributed by atoms with Crippen LogP contribution in [0.4, 0.5) is 0 Å². The van der Waals surface area contributed by atoms with Gasteiger partial charge in [0.1, 0.15) is 0 Å². The van der Waals surface area contributed by atoms with Crippen LogP contribution in [0.2, 0.25) is 0 Å². The van der Waals surface area contributed by atoms with Crippen LogP contribution in [-0.4, -0.2) is 26.6 Å². The molecule has 0 bridgehead atoms. The lowest BCUT2D eigenvalue weighted by atomic mass is 10.0. The summed E-state index contributed by atoms with van der Waals surface area (Å²) in [6, 6.07) is 123. The number of nitriles is 6. The summed E-state index contributed by atoms with van der Waals surface area (Å²) in [7, 11) is 0. The fraction of sp³-hybridized carbons (Fsp3) is 0. The van der Waals surface area contributed by atoms with Gasteiger partial charge in [0, 0.05) is 139 Å². The zero-order valence-electron chi connectivity index (χ0n) is 64.9. The van der Waals surface area contributed by atoms with Gasteiger partial charge in [-0.1, -0.05) is 125 Å². The minimum Gasteiger partial charge on any atom is -0.309 e. The van der Waals surface area contributed by atoms with Crippen LogP contribution in [0.1, 0.15) is 33.4 Å². The molecule has 28 aromatic rings. The summed E-state index contributed by atoms with van der Waals surface area (Å²) in [5.41, 5.74) is 25.1. The molecule has 0 radical (unpaired) electrons. The van der Waals surface area contributed by atoms with E-state index in [-0.39, 0.29) is 0 Å². The van der Waals surface area contributed by atoms with Gasteiger partial charge in [-0.2, -0.15) is 31.6 Å². The van der Waals surface area contributed by atoms with E-state index in [4.69, 9.17) is 0 Å². The van der Waals surface area contributed by atoms with E-state index in [2.05, 4.69) is 377 Å². The molecule has 0 atom stereocenters. The molecule has 16 heteroatoms. The monoisotopic (exact) mass is 1980 g/mol. The third-order valence-corrected chi connectivity index (χ3v) is 27.5. The van der Waals surface area contributed by atoms with E-state index in [0.717, 1.165) is 108 Å². The van der Waals surface area contributed by atoms with E-state index in [1.807, 2.05) is 84.9 Å². The number of nitrogens with zero attached hydrogens (tertiary/aromatic N) is 12. The molecule has 12 nitrogen and oxygen atoms in total. The van der Waals surface area contributed by atoms with Gasteiger partial charge in [0.15, 0.2) is 0 Å². The maximum Gasteiger partial charge on any atom is 0.0992 e. The molecule has 572 valence electrons. The summed E-state index contributed by atoms with van der Waals surface area (Å²) in [4.78, 5) is 0. The van der Waals surface area contributed by atoms with Crippen molar-refractivity contribution in [2.45, 2.75) is 0 Å². The fourth-order valence-electron chi connectivity index (χ4n) is 20.2. The van der Waals surface area contributed by atoms with Crippen LogP contribution in [0, 0.1) is 78.7 Å². The highest BCUT2D eigenvalue weighted by Crippen LogP contribution is 2.48. The average Bonchev–Trinajstić information content (AvgIpc) is 1.55. The predicted molar refractivity (Wildman–Crippen MR) is 534 cm³/mol. The summed E-state index contributed by atoms with van der Waals surface area (Å²) in [6.45, 7) is 0. The molecule has 0 saturated carbocycles. The summed E-state index contributed by atoms with van der Waals surface area (Å²) in [5, 5.41) is 82.4. The first-order chi connectivity index (χ1) is 60.9. The van der Waals surface area contributed by atoms with Crippen molar-refractivity contribution in [2.75, 3.05) is 0 Å². The van der Waals surface area contributed by atoms with Gasteiger partial charge in [-0.05, 0) is 274 Å². The van der Waals surface area contributed by atoms with Crippen molar-refractivity contribution in [1.82, 2.24) is 26.6 Å². The van der Waals surface area contributed by atoms with Crippen molar-refractivity contribution in [2.24, 2.45) is 0 Å². The lowest BCUT2D eigenvalue weighted by molar-refractivity contribution is 1.18. The van der Waals surface area contributed by atoms with Gasteiger partial charge in [-0.15, -0.1) is 0 Å². The number of rotatable bonds is 1. The quantitative estimate of drug-likeness (QED) is 0.148. The standard InChI is InChI=1S/C32H16N4.C20H8IN3.C19H8I2N2.C19H10N2.C18H10BrN/c33-17-19-9-11-30-24(13-19)26-14-20(18-34)15-27-25-16-21(10-12-31(25)36(30)32(26)27)35-28-7-3-1-5-22(28)23-6-2-4-8-29(23)35;21-13-2-4-19-15(8-13)17-7-12(10-23)6-16-14-5-11(9-22)1-3-18(14)24(19)20(16)17;20-11-1-3-17-13(7-11)15-5-10(9-22)6-16-14-8-12(21)2-4-18(14)23(17)19(15)16;20-11-12-9-15-13-5-1-3-7-17(13)21-18-8-4-2-6-14(18)16(10-12)19(15)21;19-11-9-14-12-5-1-3-7-16(12)20-17-8-4-2-6-13(17)15(10-11)18(14)20/h1-16H;1-8H;1-8H;1-10H;1-10H. The molecular formula is C108H52BrI3N12. The van der Waals surface area contributed by atoms with Gasteiger partial charge in [0.05, 0.1) is 164 Å². The molecule has 0 unspecified atom stereocenters. The Bertz CT molecular complexity index is 9510. The second-order valence-electron chi connectivity index (χ2n) is 31.5. The molecule has 0 fully saturated rings. The second-order valence-corrected chi connectivity index (χ2v) is 36.1. The SMILES string of the molecule is Brc1cc2c3ccccc3n3c4ccccc4c(c1)c23.N#Cc1cc2c3cc(I)ccc3n3c4ccc(I)cc4c(c1)c23.N#Cc1cc2c3ccccc3n3c4ccccc4c(c1)c23.N#Cc1ccc2c(c1)c1cc(C#N)cc3c4cc(-n5c6ccccc6c6ccccc65)ccc4n2c13.N#Cc1ccc2c(c1)c1cc(C#N)cc3c4cc(I)ccc4n2c31. The Kier molecular flexibility index (Phi) is 16.4. The van der Waals surface area contributed by atoms with Crippen LogP contribution in [-0.2, 0) is 0 Å². The third-order valence-electron chi connectivity index (χ3n) is 25.0. The average molecular weight is 1980 g/mol. The molecular weight excluding hydrogens is 1930 g/mol. The molecule has 0 saturated heterocycles. The first kappa shape index (κ1) is 73.1. The zero-order valence-corrected chi connectivity index (χ0v) is 73.0. The molecule has 0 aliphatic carbocycles. The van der Waals surface area contributed by atoms with Crippen molar-refractivity contribution in [3.8, 4) is 42.1 Å². The van der Waals surface area contributed by atoms with Gasteiger partial charge in [-0.3, -0.25) is 0 Å². The van der Waals surface area contributed by atoms with Crippen LogP contribution < -0.4 is 0 Å². The summed E-state index contributed by atoms with van der Waals surface area (Å²) in [5.74, 6) is 0. The van der Waals surface area contributed by atoms with Gasteiger partial charge < -0.3 is 26.6 Å². The maximum absolute atomic E-state index is 9.82. The molecule has 124 heavy (non-hydrogen) atoms. The highest BCUT2D eigenvalue weighted by Gasteiger charge is 2.26. The van der Waals surface area contributed by atoms with Crippen molar-refractivity contribution in [1.29, 1.82) is 31.6 Å². The van der Waals surface area contributed by atoms with Crippen LogP contribution in [0.5, 0.6) is 0 Å². The smallest absolute Gasteiger partial charge is 0.0992 e. The Morgan fingerprint density at radius 3 is 0.669 bits per heavy atom. The second kappa shape index (κ2) is 27.9. The van der Waals surface area contributed by atoms with Crippen molar-refractivity contribution in [3.05, 3.63) is 364 Å². The molecule has 0 N–H and O–H groups in total. The van der Waals surface area contributed by atoms with E-state index >= 15 is 0 Å². The third kappa shape index (κ3) is 10.6. The van der Waals surface area contributed by atoms with Gasteiger partial charge in [0.25, 0.3) is 0 Å². The minimum absolute atomic E-state index is 0.618. The van der Waals surface area contributed by atoms with E-state index in [1.165, 1.54) is 136 Å². The number of para-hydroxylation sites is 6. The molecule has 17 aromatic carbocycles. The molecule has 11 aromatic heterocycles. The first-order valence-electron chi connectivity index (χ1n) is 40.0. The van der Waals surface area contributed by atoms with E-state index in [1.54, 1.807) is 0 Å². The van der Waals surface area contributed by atoms with Crippen molar-refractivity contribution in [3.63, 3.8) is 0 Å². The maximum atomic E-state index is 9.82. The van der Waals surface area contributed by atoms with Gasteiger partial charge >= 0.3 is 0 Å². The molecule has 11 heterocycles. The van der Waals surface area contributed by atoms with Gasteiger partial charge in [-0.25, -0.2) is 0 Å². The fourth-order valence-corrected chi connectivity index (χ4v) is 22.1. The lowest BCUT2D eigenvalue weighted by Gasteiger charge is -2.09. The number of aromatic nitrogens is 6. The van der Waals surface area contributed by atoms with Crippen LogP contribution in [0.3, 0.4) is 0 Å². The molecule has 0 spiro atoms. The number of hydrogen-bond donors (Lipinski definition) is 0. The summed E-state index contributed by atoms with van der Waals surface area (Å²) < 4.78 is 18.6. The topological polar surface area (TPSA) is 170 Å². The number of hydrogen-bond acceptors (Lipinski definition) is 6. The Balaban J connectivity index is 0.0000000888. The van der Waals surface area contributed by atoms with Crippen LogP contribution in [0.15, 0.2) is 320 Å². The molecule has 28 rings (SSSR count). The number of halogens is 4. The van der Waals surface area contributed by atoms with Crippen molar-refractivity contribution < 1.29 is 0 Å². The Labute approximate surface area is 752 Å². The predicted octanol–water partition coefficient (Wildman–Crippen LogP) is 29.1. The molecule has 0 amide bonds. The van der Waals surface area contributed by atoms with Gasteiger partial charge in [0.2, 0.25) is 0 Å². The van der Waals surface area contributed by atoms with E-state index < -0.39 is 0 Å². The van der Waals surface area contributed by atoms with E-state index in [0.29, 0.717) is 22.3 Å². The minimum atomic E-state index is 0.618. The van der Waals surface area contributed by atoms with Crippen LogP contribution in [0.25, 0.3) is 218 Å². The highest BCUT2D eigenvalue weighted by atomic mass is 127. The Hall–Kier alpha value is -14.9. The van der Waals surface area contributed by atoms with E-state index in [9.17, 15) is 31.6 Å². The Morgan fingerprint density at radius 2 is 0.387 bits per heavy atom. The number of fused-ring (bicyclic) bond motifs is 33. The molecule has 0 aliphatic heterocycles. The Morgan fingerprint density at radius 1 is 0.185 bits per heavy atom. The lowest BCUT2D eigenvalue weighted by Crippen LogP contribution is -1.93.